The number of esters is 1. The van der Waals surface area contributed by atoms with Gasteiger partial charge in [-0.15, -0.1) is 0 Å². The number of rotatable bonds is 5. The number of hydrogen-bond acceptors (Lipinski definition) is 4. The maximum absolute atomic E-state index is 12.7. The molecule has 6 heteroatoms. The van der Waals surface area contributed by atoms with Crippen LogP contribution in [0.25, 0.3) is 0 Å². The summed E-state index contributed by atoms with van der Waals surface area (Å²) in [6.45, 7) is 0. The van der Waals surface area contributed by atoms with E-state index in [1.54, 1.807) is 0 Å². The van der Waals surface area contributed by atoms with Crippen LogP contribution in [0.5, 0.6) is 0 Å². The number of carbonyl (C=O) groups is 1. The number of benzene rings is 2. The molecule has 0 N–H and O–H groups in total. The van der Waals surface area contributed by atoms with E-state index in [1.807, 2.05) is 12.1 Å². The fourth-order valence-electron chi connectivity index (χ4n) is 4.81. The van der Waals surface area contributed by atoms with E-state index in [-0.39, 0.29) is 30.1 Å². The first kappa shape index (κ1) is 21.3. The van der Waals surface area contributed by atoms with E-state index in [0.717, 1.165) is 34.9 Å². The summed E-state index contributed by atoms with van der Waals surface area (Å²) in [4.78, 5) is 15.1. The van der Waals surface area contributed by atoms with Gasteiger partial charge in [-0.05, 0) is 84.3 Å². The molecule has 4 nitrogen and oxygen atoms in total. The lowest BCUT2D eigenvalue weighted by Crippen LogP contribution is -2.53. The quantitative estimate of drug-likeness (QED) is 0.367. The Hall–Kier alpha value is -0.960. The Kier molecular flexibility index (Phi) is 6.63. The average molecular weight is 570 g/mol. The third kappa shape index (κ3) is 4.40. The molecule has 5 atom stereocenters. The molecule has 2 fully saturated rings. The summed E-state index contributed by atoms with van der Waals surface area (Å²) in [7, 11) is 3.60. The second-order valence-electron chi connectivity index (χ2n) is 7.91. The second-order valence-corrected chi connectivity index (χ2v) is 10.1. The molecule has 2 aromatic carbocycles. The number of carbonyl (C=O) groups excluding carboxylic acids is 1. The first-order valence-electron chi connectivity index (χ1n) is 9.94. The lowest BCUT2D eigenvalue weighted by atomic mass is 9.87. The number of ether oxygens (including phenoxy) is 2. The van der Waals surface area contributed by atoms with Crippen LogP contribution in [0, 0.1) is 9.49 Å². The van der Waals surface area contributed by atoms with Crippen LogP contribution in [0.2, 0.25) is 0 Å². The van der Waals surface area contributed by atoms with Gasteiger partial charge in [0.15, 0.2) is 0 Å². The van der Waals surface area contributed by atoms with E-state index in [2.05, 4.69) is 86.9 Å². The second kappa shape index (κ2) is 9.04. The summed E-state index contributed by atoms with van der Waals surface area (Å²) in [6, 6.07) is 17.3. The van der Waals surface area contributed by atoms with Gasteiger partial charge in [-0.2, -0.15) is 0 Å². The van der Waals surface area contributed by atoms with Crippen LogP contribution in [-0.4, -0.2) is 43.2 Å². The van der Waals surface area contributed by atoms with Crippen molar-refractivity contribution in [1.82, 2.24) is 4.90 Å². The van der Waals surface area contributed by atoms with E-state index >= 15 is 0 Å². The lowest BCUT2D eigenvalue weighted by molar-refractivity contribution is -0.162. The SMILES string of the molecule is COC(=O)C1C2CCC(C[C@@H]1OC(c1ccc(Br)cc1)c1ccc(I)cc1)N2C. The number of hydrogen-bond donors (Lipinski definition) is 0. The van der Waals surface area contributed by atoms with Crippen molar-refractivity contribution in [3.8, 4) is 0 Å². The average Bonchev–Trinajstić information content (AvgIpc) is 2.96. The summed E-state index contributed by atoms with van der Waals surface area (Å²) >= 11 is 5.83. The van der Waals surface area contributed by atoms with Crippen molar-refractivity contribution in [2.45, 2.75) is 43.6 Å². The Morgan fingerprint density at radius 1 is 1.10 bits per heavy atom. The molecule has 29 heavy (non-hydrogen) atoms. The number of piperidine rings is 1. The van der Waals surface area contributed by atoms with E-state index in [4.69, 9.17) is 9.47 Å². The van der Waals surface area contributed by atoms with Gasteiger partial charge in [0.1, 0.15) is 6.10 Å². The van der Waals surface area contributed by atoms with Crippen LogP contribution in [0.1, 0.15) is 36.5 Å². The fraction of sp³-hybridized carbons (Fsp3) is 0.435. The maximum Gasteiger partial charge on any atom is 0.312 e. The van der Waals surface area contributed by atoms with Crippen molar-refractivity contribution < 1.29 is 14.3 Å². The molecule has 0 amide bonds. The van der Waals surface area contributed by atoms with Gasteiger partial charge < -0.3 is 9.47 Å². The van der Waals surface area contributed by atoms with Crippen molar-refractivity contribution in [3.05, 3.63) is 67.7 Å². The molecule has 2 aliphatic heterocycles. The summed E-state index contributed by atoms with van der Waals surface area (Å²) in [5.41, 5.74) is 2.19. The van der Waals surface area contributed by atoms with E-state index in [0.29, 0.717) is 6.04 Å². The maximum atomic E-state index is 12.7. The molecule has 0 spiro atoms. The third-order valence-corrected chi connectivity index (χ3v) is 7.59. The zero-order valence-electron chi connectivity index (χ0n) is 16.6. The smallest absolute Gasteiger partial charge is 0.312 e. The topological polar surface area (TPSA) is 38.8 Å². The number of methoxy groups -OCH3 is 1. The first-order valence-corrected chi connectivity index (χ1v) is 11.8. The van der Waals surface area contributed by atoms with E-state index in [9.17, 15) is 4.79 Å². The highest BCUT2D eigenvalue weighted by Crippen LogP contribution is 2.42. The van der Waals surface area contributed by atoms with Crippen molar-refractivity contribution in [3.63, 3.8) is 0 Å². The van der Waals surface area contributed by atoms with Gasteiger partial charge >= 0.3 is 5.97 Å². The van der Waals surface area contributed by atoms with Crippen LogP contribution < -0.4 is 0 Å². The minimum atomic E-state index is -0.259. The minimum Gasteiger partial charge on any atom is -0.469 e. The Morgan fingerprint density at radius 3 is 2.34 bits per heavy atom. The third-order valence-electron chi connectivity index (χ3n) is 6.34. The van der Waals surface area contributed by atoms with Gasteiger partial charge in [-0.1, -0.05) is 40.2 Å². The number of fused-ring (bicyclic) bond motifs is 2. The molecule has 0 aliphatic carbocycles. The number of halogens is 2. The van der Waals surface area contributed by atoms with Gasteiger partial charge in [0.2, 0.25) is 0 Å². The van der Waals surface area contributed by atoms with Crippen LogP contribution in [-0.2, 0) is 14.3 Å². The van der Waals surface area contributed by atoms with Crippen molar-refractivity contribution in [1.29, 1.82) is 0 Å². The Bertz CT molecular complexity index is 812. The van der Waals surface area contributed by atoms with Crippen LogP contribution in [0.4, 0.5) is 0 Å². The van der Waals surface area contributed by atoms with Crippen molar-refractivity contribution >= 4 is 44.5 Å². The van der Waals surface area contributed by atoms with Gasteiger partial charge in [0.05, 0.1) is 19.1 Å². The summed E-state index contributed by atoms with van der Waals surface area (Å²) < 4.78 is 14.2. The summed E-state index contributed by atoms with van der Waals surface area (Å²) in [5.74, 6) is -0.421. The predicted molar refractivity (Wildman–Crippen MR) is 125 cm³/mol. The highest BCUT2D eigenvalue weighted by atomic mass is 127. The molecular formula is C23H25BrINO3. The monoisotopic (exact) mass is 569 g/mol. The molecule has 4 unspecified atom stereocenters. The molecule has 2 heterocycles. The van der Waals surface area contributed by atoms with Gasteiger partial charge in [0, 0.05) is 20.1 Å². The molecule has 2 aliphatic rings. The van der Waals surface area contributed by atoms with E-state index in [1.165, 1.54) is 10.7 Å². The summed E-state index contributed by atoms with van der Waals surface area (Å²) in [6.07, 6.45) is 2.60. The zero-order chi connectivity index (χ0) is 20.5. The molecule has 4 rings (SSSR count). The first-order chi connectivity index (χ1) is 14.0. The molecule has 0 saturated carbocycles. The molecule has 2 aromatic rings. The Morgan fingerprint density at radius 2 is 1.72 bits per heavy atom. The molecule has 154 valence electrons. The highest BCUT2D eigenvalue weighted by Gasteiger charge is 2.50. The molecule has 0 aromatic heterocycles. The number of nitrogens with zero attached hydrogens (tertiary/aromatic N) is 1. The fourth-order valence-corrected chi connectivity index (χ4v) is 5.43. The predicted octanol–water partition coefficient (Wildman–Crippen LogP) is 5.18. The van der Waals surface area contributed by atoms with Crippen molar-refractivity contribution in [2.24, 2.45) is 5.92 Å². The van der Waals surface area contributed by atoms with Gasteiger partial charge in [-0.25, -0.2) is 0 Å². The van der Waals surface area contributed by atoms with E-state index < -0.39 is 0 Å². The Labute approximate surface area is 194 Å². The lowest BCUT2D eigenvalue weighted by Gasteiger charge is -2.42. The molecule has 2 saturated heterocycles. The largest absolute Gasteiger partial charge is 0.469 e. The normalized spacial score (nSPS) is 27.6. The van der Waals surface area contributed by atoms with Gasteiger partial charge in [0.25, 0.3) is 0 Å². The Balaban J connectivity index is 1.68. The van der Waals surface area contributed by atoms with Crippen molar-refractivity contribution in [2.75, 3.05) is 14.2 Å². The summed E-state index contributed by atoms with van der Waals surface area (Å²) in [5, 5.41) is 0. The van der Waals surface area contributed by atoms with Gasteiger partial charge in [-0.3, -0.25) is 9.69 Å². The molecule has 0 radical (unpaired) electrons. The van der Waals surface area contributed by atoms with Crippen LogP contribution in [0.3, 0.4) is 0 Å². The zero-order valence-corrected chi connectivity index (χ0v) is 20.3. The highest BCUT2D eigenvalue weighted by molar-refractivity contribution is 14.1. The molecular weight excluding hydrogens is 545 g/mol. The van der Waals surface area contributed by atoms with Crippen LogP contribution in [0.15, 0.2) is 53.0 Å². The molecule has 2 bridgehead atoms. The standard InChI is InChI=1S/C23H25BrINO3/c1-26-18-11-12-19(26)21(23(27)28-2)20(13-18)29-22(14-3-7-16(24)8-4-14)15-5-9-17(25)10-6-15/h3-10,18-22H,11-13H2,1-2H3/t18?,19?,20-,21?,22?/m0/s1. The minimum absolute atomic E-state index is 0.163. The van der Waals surface area contributed by atoms with Crippen LogP contribution >= 0.6 is 38.5 Å².